The van der Waals surface area contributed by atoms with Gasteiger partial charge in [-0.15, -0.1) is 5.10 Å². The molecule has 1 amide bonds. The van der Waals surface area contributed by atoms with Crippen molar-refractivity contribution in [2.75, 3.05) is 5.32 Å². The summed E-state index contributed by atoms with van der Waals surface area (Å²) in [7, 11) is 0. The molecule has 0 bridgehead atoms. The molecule has 7 heteroatoms. The van der Waals surface area contributed by atoms with E-state index in [4.69, 9.17) is 0 Å². The third kappa shape index (κ3) is 3.32. The van der Waals surface area contributed by atoms with Crippen molar-refractivity contribution < 1.29 is 4.79 Å². The summed E-state index contributed by atoms with van der Waals surface area (Å²) >= 11 is 0. The van der Waals surface area contributed by atoms with Crippen LogP contribution in [-0.4, -0.2) is 31.1 Å². The Hall–Kier alpha value is -3.09. The first-order valence-corrected chi connectivity index (χ1v) is 6.76. The largest absolute Gasteiger partial charge is 0.310 e. The predicted molar refractivity (Wildman–Crippen MR) is 80.5 cm³/mol. The molecular weight excluding hydrogens is 280 g/mol. The molecule has 110 valence electrons. The van der Waals surface area contributed by atoms with Gasteiger partial charge in [-0.1, -0.05) is 18.2 Å². The van der Waals surface area contributed by atoms with E-state index >= 15 is 0 Å². The first-order chi connectivity index (χ1) is 10.7. The summed E-state index contributed by atoms with van der Waals surface area (Å²) in [6, 6.07) is 13.0. The molecule has 0 aliphatic rings. The van der Waals surface area contributed by atoms with Crippen LogP contribution in [0.3, 0.4) is 0 Å². The number of pyridine rings is 1. The molecule has 1 aromatic carbocycles. The average molecular weight is 294 g/mol. The highest BCUT2D eigenvalue weighted by Gasteiger charge is 2.06. The summed E-state index contributed by atoms with van der Waals surface area (Å²) in [6.07, 6.45) is 1.80. The quantitative estimate of drug-likeness (QED) is 0.789. The van der Waals surface area contributed by atoms with Crippen molar-refractivity contribution in [2.24, 2.45) is 0 Å². The molecule has 3 rings (SSSR count). The summed E-state index contributed by atoms with van der Waals surface area (Å²) in [5.74, 6) is 0.462. The monoisotopic (exact) mass is 294 g/mol. The van der Waals surface area contributed by atoms with Gasteiger partial charge >= 0.3 is 0 Å². The molecule has 0 saturated heterocycles. The van der Waals surface area contributed by atoms with Crippen LogP contribution in [0, 0.1) is 6.92 Å². The first-order valence-electron chi connectivity index (χ1n) is 6.76. The van der Waals surface area contributed by atoms with Crippen LogP contribution in [-0.2, 0) is 11.2 Å². The van der Waals surface area contributed by atoms with Gasteiger partial charge in [-0.05, 0) is 47.2 Å². The Balaban J connectivity index is 1.64. The van der Waals surface area contributed by atoms with Crippen molar-refractivity contribution in [3.8, 4) is 5.69 Å². The molecule has 3 aromatic rings. The number of nitrogens with zero attached hydrogens (tertiary/aromatic N) is 5. The molecule has 0 unspecified atom stereocenters. The average Bonchev–Trinajstić information content (AvgIpc) is 3.02. The van der Waals surface area contributed by atoms with Crippen molar-refractivity contribution in [2.45, 2.75) is 13.3 Å². The topological polar surface area (TPSA) is 85.6 Å². The Morgan fingerprint density at radius 3 is 2.68 bits per heavy atom. The van der Waals surface area contributed by atoms with Crippen molar-refractivity contribution in [3.63, 3.8) is 0 Å². The Morgan fingerprint density at radius 1 is 1.18 bits per heavy atom. The maximum Gasteiger partial charge on any atom is 0.229 e. The zero-order valence-corrected chi connectivity index (χ0v) is 12.0. The number of carbonyl (C=O) groups excluding carboxylic acids is 1. The normalized spacial score (nSPS) is 10.4. The van der Waals surface area contributed by atoms with Gasteiger partial charge in [0, 0.05) is 5.69 Å². The minimum absolute atomic E-state index is 0.103. The van der Waals surface area contributed by atoms with Crippen LogP contribution in [0.1, 0.15) is 11.3 Å². The number of nitrogens with one attached hydrogen (secondary N) is 1. The number of benzene rings is 1. The minimum Gasteiger partial charge on any atom is -0.310 e. The Morgan fingerprint density at radius 2 is 2.00 bits per heavy atom. The molecule has 2 heterocycles. The molecule has 22 heavy (non-hydrogen) atoms. The van der Waals surface area contributed by atoms with Gasteiger partial charge in [-0.25, -0.2) is 9.67 Å². The lowest BCUT2D eigenvalue weighted by atomic mass is 10.1. The highest BCUT2D eigenvalue weighted by Crippen LogP contribution is 2.10. The first kappa shape index (κ1) is 13.9. The van der Waals surface area contributed by atoms with Gasteiger partial charge in [0.1, 0.15) is 12.1 Å². The number of aromatic nitrogens is 5. The number of aryl methyl sites for hydroxylation is 1. The van der Waals surface area contributed by atoms with Crippen LogP contribution in [0.15, 0.2) is 48.8 Å². The Kier molecular flexibility index (Phi) is 3.86. The summed E-state index contributed by atoms with van der Waals surface area (Å²) in [5, 5.41) is 13.8. The van der Waals surface area contributed by atoms with Crippen LogP contribution >= 0.6 is 0 Å². The molecule has 0 saturated carbocycles. The van der Waals surface area contributed by atoms with Gasteiger partial charge in [-0.3, -0.25) is 4.79 Å². The molecule has 0 spiro atoms. The Bertz CT molecular complexity index is 767. The summed E-state index contributed by atoms with van der Waals surface area (Å²) in [5.41, 5.74) is 2.61. The molecule has 7 nitrogen and oxygen atoms in total. The van der Waals surface area contributed by atoms with Gasteiger partial charge in [0.15, 0.2) is 0 Å². The molecule has 0 aliphatic heterocycles. The number of rotatable bonds is 4. The number of hydrogen-bond acceptors (Lipinski definition) is 5. The van der Waals surface area contributed by atoms with Crippen molar-refractivity contribution in [1.82, 2.24) is 25.2 Å². The van der Waals surface area contributed by atoms with Crippen LogP contribution in [0.2, 0.25) is 0 Å². The zero-order valence-electron chi connectivity index (χ0n) is 12.0. The van der Waals surface area contributed by atoms with Gasteiger partial charge in [0.2, 0.25) is 5.91 Å². The van der Waals surface area contributed by atoms with Gasteiger partial charge in [0.05, 0.1) is 12.1 Å². The van der Waals surface area contributed by atoms with E-state index < -0.39 is 0 Å². The van der Waals surface area contributed by atoms with Gasteiger partial charge < -0.3 is 5.32 Å². The van der Waals surface area contributed by atoms with E-state index in [9.17, 15) is 4.79 Å². The summed E-state index contributed by atoms with van der Waals surface area (Å²) in [6.45, 7) is 1.88. The standard InChI is InChI=1S/C15H14N6O/c1-11-3-2-4-14(17-11)18-15(22)9-12-5-7-13(8-6-12)21-10-16-19-20-21/h2-8,10H,9H2,1H3,(H,17,18,22). The fourth-order valence-electron chi connectivity index (χ4n) is 2.03. The van der Waals surface area contributed by atoms with Crippen LogP contribution < -0.4 is 5.32 Å². The smallest absolute Gasteiger partial charge is 0.229 e. The van der Waals surface area contributed by atoms with E-state index in [1.165, 1.54) is 6.33 Å². The Labute approximate surface area is 127 Å². The predicted octanol–water partition coefficient (Wildman–Crippen LogP) is 1.55. The van der Waals surface area contributed by atoms with Crippen LogP contribution in [0.4, 0.5) is 5.82 Å². The fourth-order valence-corrected chi connectivity index (χ4v) is 2.03. The molecule has 1 N–H and O–H groups in total. The lowest BCUT2D eigenvalue weighted by molar-refractivity contribution is -0.115. The molecule has 0 atom stereocenters. The number of carbonyl (C=O) groups is 1. The van der Waals surface area contributed by atoms with E-state index in [1.54, 1.807) is 10.7 Å². The number of hydrogen-bond donors (Lipinski definition) is 1. The number of amides is 1. The van der Waals surface area contributed by atoms with Crippen molar-refractivity contribution >= 4 is 11.7 Å². The lowest BCUT2D eigenvalue weighted by Gasteiger charge is -2.06. The van der Waals surface area contributed by atoms with Crippen molar-refractivity contribution in [3.05, 3.63) is 60.0 Å². The maximum atomic E-state index is 12.0. The second-order valence-electron chi connectivity index (χ2n) is 4.81. The molecule has 0 aliphatic carbocycles. The molecule has 2 aromatic heterocycles. The van der Waals surface area contributed by atoms with Crippen LogP contribution in [0.25, 0.3) is 5.69 Å². The van der Waals surface area contributed by atoms with Crippen molar-refractivity contribution in [1.29, 1.82) is 0 Å². The van der Waals surface area contributed by atoms with E-state index in [-0.39, 0.29) is 12.3 Å². The van der Waals surface area contributed by atoms with Gasteiger partial charge in [0.25, 0.3) is 0 Å². The van der Waals surface area contributed by atoms with Gasteiger partial charge in [-0.2, -0.15) is 0 Å². The minimum atomic E-state index is -0.103. The zero-order chi connectivity index (χ0) is 15.4. The van der Waals surface area contributed by atoms with E-state index in [2.05, 4.69) is 25.8 Å². The summed E-state index contributed by atoms with van der Waals surface area (Å²) in [4.78, 5) is 16.3. The molecular formula is C15H14N6O. The highest BCUT2D eigenvalue weighted by atomic mass is 16.1. The van der Waals surface area contributed by atoms with E-state index in [0.29, 0.717) is 5.82 Å². The molecule has 0 radical (unpaired) electrons. The number of anilines is 1. The number of tetrazole rings is 1. The maximum absolute atomic E-state index is 12.0. The third-order valence-corrected chi connectivity index (χ3v) is 3.07. The third-order valence-electron chi connectivity index (χ3n) is 3.07. The summed E-state index contributed by atoms with van der Waals surface area (Å²) < 4.78 is 1.56. The van der Waals surface area contributed by atoms with E-state index in [0.717, 1.165) is 16.9 Å². The molecule has 0 fully saturated rings. The lowest BCUT2D eigenvalue weighted by Crippen LogP contribution is -2.15. The van der Waals surface area contributed by atoms with E-state index in [1.807, 2.05) is 43.3 Å². The fraction of sp³-hybridized carbons (Fsp3) is 0.133. The second-order valence-corrected chi connectivity index (χ2v) is 4.81. The SMILES string of the molecule is Cc1cccc(NC(=O)Cc2ccc(-n3cnnn3)cc2)n1. The highest BCUT2D eigenvalue weighted by molar-refractivity contribution is 5.91. The second kappa shape index (κ2) is 6.13. The van der Waals surface area contributed by atoms with Crippen LogP contribution in [0.5, 0.6) is 0 Å².